The monoisotopic (exact) mass is 790 g/mol. The molecule has 10 nitrogen and oxygen atoms in total. The van der Waals surface area contributed by atoms with Gasteiger partial charge >= 0.3 is 0 Å². The summed E-state index contributed by atoms with van der Waals surface area (Å²) in [7, 11) is 0. The minimum atomic E-state index is -1.43. The fraction of sp³-hybridized carbons (Fsp3) is 0.180. The first-order chi connectivity index (χ1) is 29.2. The van der Waals surface area contributed by atoms with E-state index in [2.05, 4.69) is 16.5 Å². The minimum Gasteiger partial charge on any atom is -0.507 e. The van der Waals surface area contributed by atoms with Crippen molar-refractivity contribution in [2.45, 2.75) is 31.1 Å². The highest BCUT2D eigenvalue weighted by Gasteiger charge is 2.70. The highest BCUT2D eigenvalue weighted by Crippen LogP contribution is 2.65. The average Bonchev–Trinajstić information content (AvgIpc) is 3.89. The van der Waals surface area contributed by atoms with Crippen LogP contribution in [0.3, 0.4) is 0 Å². The van der Waals surface area contributed by atoms with Crippen LogP contribution >= 0.6 is 0 Å². The van der Waals surface area contributed by atoms with Crippen molar-refractivity contribution in [2.75, 3.05) is 10.3 Å². The first kappa shape index (κ1) is 35.8. The summed E-state index contributed by atoms with van der Waals surface area (Å²) in [6, 6.07) is 42.5. The van der Waals surface area contributed by atoms with Crippen molar-refractivity contribution in [3.63, 3.8) is 0 Å². The van der Waals surface area contributed by atoms with Gasteiger partial charge in [-0.05, 0) is 96.8 Å². The lowest BCUT2D eigenvalue weighted by Gasteiger charge is -2.51. The number of aromatic hydroxyl groups is 1. The quantitative estimate of drug-likeness (QED) is 0.126. The normalized spacial score (nSPS) is 24.8. The van der Waals surface area contributed by atoms with Crippen molar-refractivity contribution in [1.29, 1.82) is 0 Å². The number of hydrogen-bond acceptors (Lipinski definition) is 8. The molecule has 2 N–H and O–H groups in total. The zero-order chi connectivity index (χ0) is 40.9. The second kappa shape index (κ2) is 13.4. The van der Waals surface area contributed by atoms with Crippen molar-refractivity contribution in [3.8, 4) is 17.2 Å². The zero-order valence-electron chi connectivity index (χ0n) is 32.5. The Labute approximate surface area is 344 Å². The Morgan fingerprint density at radius 3 is 2.22 bits per heavy atom. The molecule has 2 aliphatic heterocycles. The zero-order valence-corrected chi connectivity index (χ0v) is 32.5. The van der Waals surface area contributed by atoms with Gasteiger partial charge in [-0.3, -0.25) is 29.5 Å². The number of rotatable bonds is 6. The van der Waals surface area contributed by atoms with E-state index in [0.717, 1.165) is 27.6 Å². The summed E-state index contributed by atoms with van der Waals surface area (Å²) < 4.78 is 5.98. The van der Waals surface area contributed by atoms with E-state index in [4.69, 9.17) is 4.42 Å². The molecule has 60 heavy (non-hydrogen) atoms. The number of fused-ring (bicyclic) bond motifs is 6. The third-order valence-corrected chi connectivity index (χ3v) is 13.3. The van der Waals surface area contributed by atoms with Gasteiger partial charge in [-0.1, -0.05) is 102 Å². The molecule has 6 unspecified atom stereocenters. The van der Waals surface area contributed by atoms with Gasteiger partial charge in [0.2, 0.25) is 17.7 Å². The van der Waals surface area contributed by atoms with E-state index < -0.39 is 46.8 Å². The molecule has 3 heterocycles. The van der Waals surface area contributed by atoms with Crippen LogP contribution in [0.15, 0.2) is 156 Å². The van der Waals surface area contributed by atoms with Gasteiger partial charge in [-0.15, -0.1) is 0 Å². The van der Waals surface area contributed by atoms with E-state index in [1.54, 1.807) is 30.3 Å². The fourth-order valence-electron chi connectivity index (χ4n) is 10.7. The predicted octanol–water partition coefficient (Wildman–Crippen LogP) is 8.85. The van der Waals surface area contributed by atoms with Gasteiger partial charge in [0.15, 0.2) is 5.58 Å². The maximum absolute atomic E-state index is 15.6. The first-order valence-corrected chi connectivity index (χ1v) is 20.3. The molecule has 0 radical (unpaired) electrons. The van der Waals surface area contributed by atoms with Gasteiger partial charge < -0.3 is 9.52 Å². The number of phenols is 1. The summed E-state index contributed by atoms with van der Waals surface area (Å²) in [5.74, 6) is -4.50. The van der Waals surface area contributed by atoms with Crippen LogP contribution in [-0.2, 0) is 24.6 Å². The van der Waals surface area contributed by atoms with E-state index in [1.807, 2.05) is 116 Å². The van der Waals surface area contributed by atoms with E-state index in [0.29, 0.717) is 39.4 Å². The van der Waals surface area contributed by atoms with Crippen LogP contribution in [0.2, 0.25) is 0 Å². The number of amides is 4. The number of hydrogen-bond donors (Lipinski definition) is 2. The summed E-state index contributed by atoms with van der Waals surface area (Å²) in [5, 5.41) is 13.6. The Balaban J connectivity index is 1.05. The van der Waals surface area contributed by atoms with Crippen molar-refractivity contribution in [1.82, 2.24) is 9.99 Å². The summed E-state index contributed by atoms with van der Waals surface area (Å²) in [6.45, 7) is 1.97. The van der Waals surface area contributed by atoms with E-state index in [-0.39, 0.29) is 30.4 Å². The molecule has 7 aromatic rings. The van der Waals surface area contributed by atoms with Gasteiger partial charge in [0, 0.05) is 16.9 Å². The molecule has 0 bridgehead atoms. The Hall–Kier alpha value is -7.33. The highest BCUT2D eigenvalue weighted by molar-refractivity contribution is 6.22. The Morgan fingerprint density at radius 1 is 0.733 bits per heavy atom. The molecule has 294 valence electrons. The fourth-order valence-corrected chi connectivity index (χ4v) is 10.7. The van der Waals surface area contributed by atoms with Gasteiger partial charge in [-0.2, -0.15) is 5.01 Å². The molecule has 1 saturated carbocycles. The number of aromatic nitrogens is 1. The maximum Gasteiger partial charge on any atom is 0.260 e. The standard InChI is InChI=1S/C50H38N4O6/c1-28-15-19-31(20-16-28)52-54-47(57)39-27-38-36(44(50(39,49(54)59)30-9-3-2-4-10-30)35-25-26-41(55)34-12-6-5-11-33(34)35)23-24-37-43(38)48(58)53(46(37)56)32-21-17-29(18-22-32)45-51-40-13-7-8-14-42(40)60-45/h2-23,25-26,37-39,43-44,52,55H,24,27H2,1H3. The number of phenolic OH excluding ortho intramolecular Hbond substituents is 1. The summed E-state index contributed by atoms with van der Waals surface area (Å²) in [5.41, 5.74) is 8.17. The molecule has 0 spiro atoms. The molecule has 10 heteroatoms. The Bertz CT molecular complexity index is 2920. The first-order valence-electron chi connectivity index (χ1n) is 20.3. The second-order valence-corrected chi connectivity index (χ2v) is 16.4. The van der Waals surface area contributed by atoms with Crippen LogP contribution in [-0.4, -0.2) is 38.7 Å². The van der Waals surface area contributed by atoms with Crippen LogP contribution in [0.25, 0.3) is 33.3 Å². The number of benzene rings is 6. The largest absolute Gasteiger partial charge is 0.507 e. The second-order valence-electron chi connectivity index (χ2n) is 16.4. The van der Waals surface area contributed by atoms with Crippen molar-refractivity contribution in [3.05, 3.63) is 168 Å². The molecule has 2 aliphatic carbocycles. The predicted molar refractivity (Wildman–Crippen MR) is 226 cm³/mol. The number of oxazole rings is 1. The number of imide groups is 2. The smallest absolute Gasteiger partial charge is 0.260 e. The summed E-state index contributed by atoms with van der Waals surface area (Å²) >= 11 is 0. The molecular weight excluding hydrogens is 753 g/mol. The lowest BCUT2D eigenvalue weighted by atomic mass is 9.49. The maximum atomic E-state index is 15.6. The molecule has 4 amide bonds. The molecule has 4 aliphatic rings. The summed E-state index contributed by atoms with van der Waals surface area (Å²) in [4.78, 5) is 66.0. The molecule has 3 fully saturated rings. The van der Waals surface area contributed by atoms with Crippen LogP contribution < -0.4 is 10.3 Å². The number of para-hydroxylation sites is 2. The molecular formula is C50H38N4O6. The Kier molecular flexibility index (Phi) is 7.97. The van der Waals surface area contributed by atoms with E-state index >= 15 is 9.59 Å². The molecule has 11 rings (SSSR count). The van der Waals surface area contributed by atoms with Gasteiger partial charge in [0.05, 0.1) is 34.5 Å². The lowest BCUT2D eigenvalue weighted by Crippen LogP contribution is -2.53. The third-order valence-electron chi connectivity index (χ3n) is 13.3. The number of anilines is 2. The van der Waals surface area contributed by atoms with Crippen LogP contribution in [0.4, 0.5) is 11.4 Å². The number of allylic oxidation sites excluding steroid dienone is 2. The van der Waals surface area contributed by atoms with E-state index in [9.17, 15) is 14.7 Å². The van der Waals surface area contributed by atoms with Gasteiger partial charge in [0.25, 0.3) is 11.8 Å². The number of hydrazine groups is 1. The van der Waals surface area contributed by atoms with Crippen molar-refractivity contribution >= 4 is 56.9 Å². The van der Waals surface area contributed by atoms with Crippen molar-refractivity contribution in [2.24, 2.45) is 23.7 Å². The highest BCUT2D eigenvalue weighted by atomic mass is 16.3. The molecule has 6 atom stereocenters. The topological polar surface area (TPSA) is 133 Å². The number of carbonyl (C=O) groups excluding carboxylic acids is 4. The van der Waals surface area contributed by atoms with Crippen LogP contribution in [0.5, 0.6) is 5.75 Å². The van der Waals surface area contributed by atoms with Crippen LogP contribution in [0.1, 0.15) is 35.4 Å². The van der Waals surface area contributed by atoms with Gasteiger partial charge in [-0.25, -0.2) is 4.98 Å². The third kappa shape index (κ3) is 5.09. The minimum absolute atomic E-state index is 0.0931. The molecule has 2 saturated heterocycles. The van der Waals surface area contributed by atoms with E-state index in [1.165, 1.54) is 9.91 Å². The number of nitrogens with zero attached hydrogens (tertiary/aromatic N) is 3. The number of nitrogens with one attached hydrogen (secondary N) is 1. The Morgan fingerprint density at radius 2 is 1.45 bits per heavy atom. The number of aryl methyl sites for hydroxylation is 1. The van der Waals surface area contributed by atoms with Crippen molar-refractivity contribution < 1.29 is 28.7 Å². The SMILES string of the molecule is Cc1ccc(NN2C(=O)C3CC4C(=CCC5C(=O)N(c6ccc(-c7nc8ccccc8o7)cc6)C(=O)C54)C(c4ccc(O)c5ccccc45)C3(c3ccccc3)C2=O)cc1. The average molecular weight is 791 g/mol. The molecule has 1 aromatic heterocycles. The number of carbonyl (C=O) groups is 4. The molecule has 6 aromatic carbocycles. The van der Waals surface area contributed by atoms with Gasteiger partial charge in [0.1, 0.15) is 11.3 Å². The van der Waals surface area contributed by atoms with Crippen LogP contribution in [0, 0.1) is 30.6 Å². The lowest BCUT2D eigenvalue weighted by molar-refractivity contribution is -0.138. The summed E-state index contributed by atoms with van der Waals surface area (Å²) in [6.07, 6.45) is 2.51.